The summed E-state index contributed by atoms with van der Waals surface area (Å²) < 4.78 is 5.69. The van der Waals surface area contributed by atoms with Gasteiger partial charge in [-0.15, -0.1) is 0 Å². The van der Waals surface area contributed by atoms with E-state index < -0.39 is 11.9 Å². The Morgan fingerprint density at radius 2 is 1.75 bits per heavy atom. The highest BCUT2D eigenvalue weighted by molar-refractivity contribution is 6.30. The Bertz CT molecular complexity index is 1380. The molecular weight excluding hydrogens is 474 g/mol. The van der Waals surface area contributed by atoms with Crippen LogP contribution in [0.25, 0.3) is 0 Å². The average molecular weight is 500 g/mol. The van der Waals surface area contributed by atoms with Gasteiger partial charge in [0.1, 0.15) is 12.4 Å². The summed E-state index contributed by atoms with van der Waals surface area (Å²) in [5.41, 5.74) is 4.98. The van der Waals surface area contributed by atoms with Gasteiger partial charge in [-0.25, -0.2) is 4.79 Å². The highest BCUT2D eigenvalue weighted by Gasteiger charge is 2.41. The lowest BCUT2D eigenvalue weighted by Crippen LogP contribution is -2.36. The highest BCUT2D eigenvalue weighted by Crippen LogP contribution is 2.46. The molecule has 3 aromatic rings. The number of hydrogen-bond acceptors (Lipinski definition) is 5. The molecule has 3 aromatic carbocycles. The van der Waals surface area contributed by atoms with Gasteiger partial charge in [0.15, 0.2) is 5.78 Å². The summed E-state index contributed by atoms with van der Waals surface area (Å²) >= 11 is 6.06. The summed E-state index contributed by atoms with van der Waals surface area (Å²) in [5, 5.41) is 14.2. The average Bonchev–Trinajstić information content (AvgIpc) is 2.87. The van der Waals surface area contributed by atoms with Crippen molar-refractivity contribution >= 4 is 23.4 Å². The normalized spacial score (nSPS) is 19.6. The number of carbonyl (C=O) groups excluding carboxylic acids is 2. The molecule has 0 fully saturated rings. The molecule has 0 aromatic heterocycles. The zero-order valence-electron chi connectivity index (χ0n) is 19.8. The predicted molar refractivity (Wildman–Crippen MR) is 138 cm³/mol. The Labute approximate surface area is 215 Å². The zero-order chi connectivity index (χ0) is 25.2. The number of phenols is 1. The molecule has 2 atom stereocenters. The number of carbonyl (C=O) groups is 2. The van der Waals surface area contributed by atoms with Crippen LogP contribution in [0.15, 0.2) is 101 Å². The van der Waals surface area contributed by atoms with E-state index in [0.29, 0.717) is 40.3 Å². The first-order valence-corrected chi connectivity index (χ1v) is 12.3. The van der Waals surface area contributed by atoms with Gasteiger partial charge in [-0.1, -0.05) is 66.2 Å². The molecule has 0 bridgehead atoms. The van der Waals surface area contributed by atoms with Crippen LogP contribution in [-0.2, 0) is 20.9 Å². The predicted octanol–water partition coefficient (Wildman–Crippen LogP) is 6.15. The maximum Gasteiger partial charge on any atom is 0.337 e. The topological polar surface area (TPSA) is 75.6 Å². The third-order valence-electron chi connectivity index (χ3n) is 6.81. The van der Waals surface area contributed by atoms with Crippen LogP contribution in [-0.4, -0.2) is 16.9 Å². The number of allylic oxidation sites excluding steroid dienone is 3. The first-order chi connectivity index (χ1) is 17.4. The van der Waals surface area contributed by atoms with Crippen molar-refractivity contribution in [2.75, 3.05) is 0 Å². The molecule has 0 amide bonds. The number of rotatable bonds is 5. The Morgan fingerprint density at radius 1 is 1.00 bits per heavy atom. The lowest BCUT2D eigenvalue weighted by Gasteiger charge is -2.36. The molecule has 36 heavy (non-hydrogen) atoms. The van der Waals surface area contributed by atoms with Crippen molar-refractivity contribution in [1.82, 2.24) is 5.32 Å². The van der Waals surface area contributed by atoms with Gasteiger partial charge in [0.2, 0.25) is 0 Å². The van der Waals surface area contributed by atoms with Gasteiger partial charge in [0, 0.05) is 34.3 Å². The van der Waals surface area contributed by atoms with E-state index >= 15 is 0 Å². The van der Waals surface area contributed by atoms with Crippen LogP contribution in [0, 0.1) is 0 Å². The van der Waals surface area contributed by atoms with Crippen molar-refractivity contribution in [1.29, 1.82) is 0 Å². The SMILES string of the molecule is CC1=C(C(=O)OCc2ccccc2)C(c2cccc(O)c2)C2=C(CC(c3ccc(Cl)cc3)CC2=O)N1. The minimum atomic E-state index is -0.629. The van der Waals surface area contributed by atoms with Gasteiger partial charge < -0.3 is 15.2 Å². The minimum Gasteiger partial charge on any atom is -0.508 e. The number of phenolic OH excluding ortho intramolecular Hbond substituents is 1. The van der Waals surface area contributed by atoms with Crippen LogP contribution >= 0.6 is 11.6 Å². The van der Waals surface area contributed by atoms with Gasteiger partial charge in [-0.2, -0.15) is 0 Å². The molecule has 182 valence electrons. The molecule has 1 aliphatic carbocycles. The van der Waals surface area contributed by atoms with Crippen molar-refractivity contribution in [3.8, 4) is 5.75 Å². The van der Waals surface area contributed by atoms with Crippen molar-refractivity contribution in [2.45, 2.75) is 38.2 Å². The molecule has 5 rings (SSSR count). The van der Waals surface area contributed by atoms with Gasteiger partial charge in [-0.05, 0) is 60.2 Å². The third kappa shape index (κ3) is 4.79. The summed E-state index contributed by atoms with van der Waals surface area (Å²) in [6.07, 6.45) is 0.949. The second-order valence-electron chi connectivity index (χ2n) is 9.23. The third-order valence-corrected chi connectivity index (χ3v) is 7.06. The van der Waals surface area contributed by atoms with Crippen molar-refractivity contribution in [3.05, 3.63) is 123 Å². The lowest BCUT2D eigenvalue weighted by molar-refractivity contribution is -0.140. The van der Waals surface area contributed by atoms with Crippen molar-refractivity contribution in [2.24, 2.45) is 0 Å². The molecule has 0 spiro atoms. The number of benzene rings is 3. The summed E-state index contributed by atoms with van der Waals surface area (Å²) in [6, 6.07) is 23.8. The number of halogens is 1. The fourth-order valence-electron chi connectivity index (χ4n) is 5.12. The minimum absolute atomic E-state index is 0.00484. The quantitative estimate of drug-likeness (QED) is 0.412. The first-order valence-electron chi connectivity index (χ1n) is 11.9. The Kier molecular flexibility index (Phi) is 6.66. The first kappa shape index (κ1) is 23.9. The second kappa shape index (κ2) is 10.0. The molecule has 6 heteroatoms. The Morgan fingerprint density at radius 3 is 2.47 bits per heavy atom. The fourth-order valence-corrected chi connectivity index (χ4v) is 5.24. The van der Waals surface area contributed by atoms with E-state index in [1.54, 1.807) is 18.2 Å². The van der Waals surface area contributed by atoms with Gasteiger partial charge in [-0.3, -0.25) is 4.79 Å². The Hall–Kier alpha value is -3.83. The lowest BCUT2D eigenvalue weighted by atomic mass is 9.71. The Balaban J connectivity index is 1.51. The van der Waals surface area contributed by atoms with Gasteiger partial charge in [0.25, 0.3) is 0 Å². The molecule has 5 nitrogen and oxygen atoms in total. The standard InChI is InChI=1S/C30H26ClNO4/c1-18-27(30(35)36-17-19-6-3-2-4-7-19)28(21-8-5-9-24(33)14-21)29-25(32-18)15-22(16-26(29)34)20-10-12-23(31)13-11-20/h2-14,22,28,32-33H,15-17H2,1H3. The van der Waals surface area contributed by atoms with E-state index in [0.717, 1.165) is 16.8 Å². The van der Waals surface area contributed by atoms with Gasteiger partial charge >= 0.3 is 5.97 Å². The van der Waals surface area contributed by atoms with E-state index in [1.165, 1.54) is 0 Å². The van der Waals surface area contributed by atoms with E-state index in [1.807, 2.05) is 67.6 Å². The molecular formula is C30H26ClNO4. The van der Waals surface area contributed by atoms with Crippen LogP contribution in [0.4, 0.5) is 0 Å². The summed E-state index contributed by atoms with van der Waals surface area (Å²) in [7, 11) is 0. The molecule has 1 heterocycles. The zero-order valence-corrected chi connectivity index (χ0v) is 20.6. The number of aromatic hydroxyl groups is 1. The number of ketones is 1. The maximum atomic E-state index is 13.6. The second-order valence-corrected chi connectivity index (χ2v) is 9.66. The molecule has 1 aliphatic heterocycles. The van der Waals surface area contributed by atoms with Crippen LogP contribution in [0.5, 0.6) is 5.75 Å². The van der Waals surface area contributed by atoms with Crippen LogP contribution in [0.2, 0.25) is 5.02 Å². The van der Waals surface area contributed by atoms with Gasteiger partial charge in [0.05, 0.1) is 5.57 Å². The fraction of sp³-hybridized carbons (Fsp3) is 0.200. The highest BCUT2D eigenvalue weighted by atomic mass is 35.5. The maximum absolute atomic E-state index is 13.6. The summed E-state index contributed by atoms with van der Waals surface area (Å²) in [4.78, 5) is 27.1. The molecule has 0 saturated carbocycles. The van der Waals surface area contributed by atoms with E-state index in [4.69, 9.17) is 16.3 Å². The van der Waals surface area contributed by atoms with E-state index in [-0.39, 0.29) is 24.1 Å². The number of hydrogen-bond donors (Lipinski definition) is 2. The van der Waals surface area contributed by atoms with Crippen molar-refractivity contribution in [3.63, 3.8) is 0 Å². The summed E-state index contributed by atoms with van der Waals surface area (Å²) in [6.45, 7) is 1.96. The van der Waals surface area contributed by atoms with Crippen LogP contribution < -0.4 is 5.32 Å². The van der Waals surface area contributed by atoms with Crippen LogP contribution in [0.1, 0.15) is 48.3 Å². The number of esters is 1. The van der Waals surface area contributed by atoms with E-state index in [9.17, 15) is 14.7 Å². The number of ether oxygens (including phenoxy) is 1. The van der Waals surface area contributed by atoms with Crippen molar-refractivity contribution < 1.29 is 19.4 Å². The largest absolute Gasteiger partial charge is 0.508 e. The number of nitrogens with one attached hydrogen (secondary N) is 1. The molecule has 2 aliphatic rings. The molecule has 0 radical (unpaired) electrons. The van der Waals surface area contributed by atoms with Crippen LogP contribution in [0.3, 0.4) is 0 Å². The molecule has 2 unspecified atom stereocenters. The summed E-state index contributed by atoms with van der Waals surface area (Å²) in [5.74, 6) is -1.07. The van der Waals surface area contributed by atoms with E-state index in [2.05, 4.69) is 5.32 Å². The monoisotopic (exact) mass is 499 g/mol. The molecule has 2 N–H and O–H groups in total. The molecule has 0 saturated heterocycles. The smallest absolute Gasteiger partial charge is 0.337 e. The number of dihydropyridines is 1. The number of Topliss-reactive ketones (excluding diaryl/α,β-unsaturated/α-hetero) is 1.